The van der Waals surface area contributed by atoms with Crippen molar-refractivity contribution in [2.45, 2.75) is 39.7 Å². The van der Waals surface area contributed by atoms with Crippen LogP contribution in [0.5, 0.6) is 5.75 Å². The summed E-state index contributed by atoms with van der Waals surface area (Å²) in [5.74, 6) is -0.110. The molecule has 18 heavy (non-hydrogen) atoms. The van der Waals surface area contributed by atoms with Crippen molar-refractivity contribution in [3.05, 3.63) is 18.3 Å². The minimum absolute atomic E-state index is 0.0461. The van der Waals surface area contributed by atoms with Gasteiger partial charge < -0.3 is 16.2 Å². The third kappa shape index (κ3) is 5.14. The van der Waals surface area contributed by atoms with Crippen molar-refractivity contribution < 1.29 is 9.90 Å². The molecule has 1 atom stereocenters. The van der Waals surface area contributed by atoms with Gasteiger partial charge >= 0.3 is 0 Å². The summed E-state index contributed by atoms with van der Waals surface area (Å²) in [6.07, 6.45) is 2.48. The maximum Gasteiger partial charge on any atom is 0.227 e. The van der Waals surface area contributed by atoms with Crippen LogP contribution in [0.25, 0.3) is 0 Å². The van der Waals surface area contributed by atoms with Gasteiger partial charge in [-0.25, -0.2) is 4.98 Å². The highest BCUT2D eigenvalue weighted by Crippen LogP contribution is 2.22. The van der Waals surface area contributed by atoms with E-state index in [4.69, 9.17) is 5.73 Å². The smallest absolute Gasteiger partial charge is 0.227 e. The van der Waals surface area contributed by atoms with Gasteiger partial charge in [-0.1, -0.05) is 20.8 Å². The molecular formula is C13H21N3O2. The van der Waals surface area contributed by atoms with Crippen molar-refractivity contribution in [2.75, 3.05) is 5.32 Å². The molecule has 0 radical (unpaired) electrons. The van der Waals surface area contributed by atoms with Crippen molar-refractivity contribution in [1.82, 2.24) is 4.98 Å². The van der Waals surface area contributed by atoms with E-state index < -0.39 is 0 Å². The zero-order chi connectivity index (χ0) is 13.8. The van der Waals surface area contributed by atoms with E-state index in [2.05, 4.69) is 31.1 Å². The molecule has 0 spiro atoms. The second-order valence-corrected chi connectivity index (χ2v) is 5.65. The van der Waals surface area contributed by atoms with E-state index in [0.717, 1.165) is 6.42 Å². The predicted molar refractivity (Wildman–Crippen MR) is 71.2 cm³/mol. The molecule has 5 nitrogen and oxygen atoms in total. The zero-order valence-electron chi connectivity index (χ0n) is 11.1. The lowest BCUT2D eigenvalue weighted by Crippen LogP contribution is -2.31. The SMILES string of the molecule is CC(C)(C)CC(N)CC(=O)Nc1ncccc1O. The Morgan fingerprint density at radius 2 is 2.22 bits per heavy atom. The Hall–Kier alpha value is -1.62. The topological polar surface area (TPSA) is 88.2 Å². The zero-order valence-corrected chi connectivity index (χ0v) is 11.1. The Morgan fingerprint density at radius 3 is 2.78 bits per heavy atom. The van der Waals surface area contributed by atoms with Crippen molar-refractivity contribution in [2.24, 2.45) is 11.1 Å². The number of anilines is 1. The lowest BCUT2D eigenvalue weighted by atomic mass is 9.87. The Bertz CT molecular complexity index is 413. The molecule has 0 fully saturated rings. The molecule has 0 bridgehead atoms. The van der Waals surface area contributed by atoms with Gasteiger partial charge in [-0.2, -0.15) is 0 Å². The van der Waals surface area contributed by atoms with Crippen LogP contribution in [0.15, 0.2) is 18.3 Å². The van der Waals surface area contributed by atoms with Gasteiger partial charge in [0.15, 0.2) is 11.6 Å². The fraction of sp³-hybridized carbons (Fsp3) is 0.538. The van der Waals surface area contributed by atoms with E-state index in [-0.39, 0.29) is 35.4 Å². The minimum Gasteiger partial charge on any atom is -0.504 e. The maximum absolute atomic E-state index is 11.7. The average Bonchev–Trinajstić information content (AvgIpc) is 2.18. The largest absolute Gasteiger partial charge is 0.504 e. The molecule has 4 N–H and O–H groups in total. The van der Waals surface area contributed by atoms with Crippen LogP contribution in [0.4, 0.5) is 5.82 Å². The molecule has 0 saturated carbocycles. The summed E-state index contributed by atoms with van der Waals surface area (Å²) >= 11 is 0. The predicted octanol–water partition coefficient (Wildman–Crippen LogP) is 1.88. The summed E-state index contributed by atoms with van der Waals surface area (Å²) in [4.78, 5) is 15.6. The molecule has 1 aromatic rings. The van der Waals surface area contributed by atoms with E-state index in [1.807, 2.05) is 0 Å². The highest BCUT2D eigenvalue weighted by atomic mass is 16.3. The number of hydrogen-bond donors (Lipinski definition) is 3. The number of carbonyl (C=O) groups is 1. The van der Waals surface area contributed by atoms with Crippen LogP contribution in [0.2, 0.25) is 0 Å². The quantitative estimate of drug-likeness (QED) is 0.762. The normalized spacial score (nSPS) is 13.1. The first-order chi connectivity index (χ1) is 8.28. The van der Waals surface area contributed by atoms with Gasteiger partial charge in [-0.05, 0) is 24.0 Å². The van der Waals surface area contributed by atoms with E-state index in [1.165, 1.54) is 12.3 Å². The van der Waals surface area contributed by atoms with Crippen molar-refractivity contribution in [3.63, 3.8) is 0 Å². The highest BCUT2D eigenvalue weighted by molar-refractivity contribution is 5.91. The maximum atomic E-state index is 11.7. The van der Waals surface area contributed by atoms with Crippen LogP contribution in [0, 0.1) is 5.41 Å². The van der Waals surface area contributed by atoms with Crippen LogP contribution < -0.4 is 11.1 Å². The fourth-order valence-electron chi connectivity index (χ4n) is 1.77. The highest BCUT2D eigenvalue weighted by Gasteiger charge is 2.18. The number of nitrogens with zero attached hydrogens (tertiary/aromatic N) is 1. The minimum atomic E-state index is -0.235. The first kappa shape index (κ1) is 14.4. The van der Waals surface area contributed by atoms with Crippen LogP contribution >= 0.6 is 0 Å². The first-order valence-corrected chi connectivity index (χ1v) is 5.97. The molecule has 0 aliphatic rings. The molecule has 0 aliphatic heterocycles. The standard InChI is InChI=1S/C13H21N3O2/c1-13(2,3)8-9(14)7-11(18)16-12-10(17)5-4-6-15-12/h4-6,9,17H,7-8,14H2,1-3H3,(H,15,16,18). The van der Waals surface area contributed by atoms with Gasteiger partial charge in [0.2, 0.25) is 5.91 Å². The second kappa shape index (κ2) is 5.82. The van der Waals surface area contributed by atoms with Crippen LogP contribution in [-0.4, -0.2) is 22.0 Å². The van der Waals surface area contributed by atoms with E-state index in [9.17, 15) is 9.90 Å². The fourth-order valence-corrected chi connectivity index (χ4v) is 1.77. The van der Waals surface area contributed by atoms with E-state index in [1.54, 1.807) is 6.07 Å². The Kier molecular flexibility index (Phi) is 4.67. The summed E-state index contributed by atoms with van der Waals surface area (Å²) in [5.41, 5.74) is 6.00. The molecule has 1 unspecified atom stereocenters. The van der Waals surface area contributed by atoms with Gasteiger partial charge in [-0.15, -0.1) is 0 Å². The summed E-state index contributed by atoms with van der Waals surface area (Å²) in [5, 5.41) is 12.0. The molecule has 1 amide bonds. The molecule has 0 aliphatic carbocycles. The molecule has 1 aromatic heterocycles. The number of aromatic nitrogens is 1. The molecule has 100 valence electrons. The Morgan fingerprint density at radius 1 is 1.56 bits per heavy atom. The molecular weight excluding hydrogens is 230 g/mol. The number of nitrogens with two attached hydrogens (primary N) is 1. The van der Waals surface area contributed by atoms with E-state index in [0.29, 0.717) is 0 Å². The lowest BCUT2D eigenvalue weighted by molar-refractivity contribution is -0.116. The number of amides is 1. The summed E-state index contributed by atoms with van der Waals surface area (Å²) < 4.78 is 0. The first-order valence-electron chi connectivity index (χ1n) is 5.97. The van der Waals surface area contributed by atoms with Crippen LogP contribution in [0.3, 0.4) is 0 Å². The molecule has 0 saturated heterocycles. The molecule has 1 heterocycles. The summed E-state index contributed by atoms with van der Waals surface area (Å²) in [6, 6.07) is 2.87. The number of nitrogens with one attached hydrogen (secondary N) is 1. The number of pyridine rings is 1. The lowest BCUT2D eigenvalue weighted by Gasteiger charge is -2.22. The Labute approximate surface area is 107 Å². The van der Waals surface area contributed by atoms with Gasteiger partial charge in [0, 0.05) is 18.7 Å². The monoisotopic (exact) mass is 251 g/mol. The van der Waals surface area contributed by atoms with Crippen molar-refractivity contribution in [1.29, 1.82) is 0 Å². The Balaban J connectivity index is 2.50. The summed E-state index contributed by atoms with van der Waals surface area (Å²) in [7, 11) is 0. The van der Waals surface area contributed by atoms with Crippen LogP contribution in [0.1, 0.15) is 33.6 Å². The molecule has 0 aromatic carbocycles. The van der Waals surface area contributed by atoms with Crippen molar-refractivity contribution in [3.8, 4) is 5.75 Å². The number of carbonyl (C=O) groups excluding carboxylic acids is 1. The van der Waals surface area contributed by atoms with Crippen molar-refractivity contribution >= 4 is 11.7 Å². The van der Waals surface area contributed by atoms with Gasteiger partial charge in [0.05, 0.1) is 0 Å². The number of rotatable bonds is 4. The molecule has 5 heteroatoms. The van der Waals surface area contributed by atoms with E-state index >= 15 is 0 Å². The third-order valence-electron chi connectivity index (χ3n) is 2.37. The average molecular weight is 251 g/mol. The van der Waals surface area contributed by atoms with Gasteiger partial charge in [0.1, 0.15) is 0 Å². The van der Waals surface area contributed by atoms with Gasteiger partial charge in [0.25, 0.3) is 0 Å². The molecule has 1 rings (SSSR count). The second-order valence-electron chi connectivity index (χ2n) is 5.65. The number of hydrogen-bond acceptors (Lipinski definition) is 4. The van der Waals surface area contributed by atoms with Gasteiger partial charge in [-0.3, -0.25) is 4.79 Å². The summed E-state index contributed by atoms with van der Waals surface area (Å²) in [6.45, 7) is 6.24. The number of aromatic hydroxyl groups is 1. The van der Waals surface area contributed by atoms with Crippen LogP contribution in [-0.2, 0) is 4.79 Å². The third-order valence-corrected chi connectivity index (χ3v) is 2.37.